The molecular formula is C19H24N4S. The number of rotatable bonds is 5. The van der Waals surface area contributed by atoms with Crippen LogP contribution in [0, 0.1) is 11.3 Å². The molecule has 5 heteroatoms. The zero-order valence-electron chi connectivity index (χ0n) is 15.0. The lowest BCUT2D eigenvalue weighted by Crippen LogP contribution is -2.11. The first-order chi connectivity index (χ1) is 11.4. The highest BCUT2D eigenvalue weighted by molar-refractivity contribution is 7.98. The van der Waals surface area contributed by atoms with Gasteiger partial charge in [0.2, 0.25) is 0 Å². The van der Waals surface area contributed by atoms with Crippen LogP contribution < -0.4 is 5.32 Å². The van der Waals surface area contributed by atoms with Crippen molar-refractivity contribution in [3.63, 3.8) is 0 Å². The molecule has 1 heterocycles. The number of thioether (sulfide) groups is 1. The molecule has 0 saturated heterocycles. The topological polar surface area (TPSA) is 61.6 Å². The molecule has 1 N–H and O–H groups in total. The number of nitrogens with one attached hydrogen (secondary N) is 1. The van der Waals surface area contributed by atoms with Gasteiger partial charge in [0, 0.05) is 12.1 Å². The maximum absolute atomic E-state index is 9.63. The van der Waals surface area contributed by atoms with Crippen molar-refractivity contribution >= 4 is 17.6 Å². The van der Waals surface area contributed by atoms with E-state index in [0.29, 0.717) is 22.2 Å². The Bertz CT molecular complexity index is 740. The largest absolute Gasteiger partial charge is 0.369 e. The molecule has 0 amide bonds. The van der Waals surface area contributed by atoms with Crippen molar-refractivity contribution in [2.45, 2.75) is 44.7 Å². The van der Waals surface area contributed by atoms with E-state index in [1.54, 1.807) is 0 Å². The molecule has 0 spiro atoms. The Morgan fingerprint density at radius 2 is 1.83 bits per heavy atom. The molecular weight excluding hydrogens is 316 g/mol. The second-order valence-corrected chi connectivity index (χ2v) is 7.42. The van der Waals surface area contributed by atoms with Gasteiger partial charge in [0.15, 0.2) is 5.16 Å². The van der Waals surface area contributed by atoms with Gasteiger partial charge < -0.3 is 5.32 Å². The number of hydrogen-bond acceptors (Lipinski definition) is 5. The summed E-state index contributed by atoms with van der Waals surface area (Å²) < 4.78 is 0. The first-order valence-electron chi connectivity index (χ1n) is 8.11. The molecule has 0 fully saturated rings. The van der Waals surface area contributed by atoms with E-state index in [0.717, 1.165) is 18.5 Å². The molecule has 0 radical (unpaired) electrons. The van der Waals surface area contributed by atoms with E-state index in [2.05, 4.69) is 61.2 Å². The maximum Gasteiger partial charge on any atom is 0.189 e. The van der Waals surface area contributed by atoms with Gasteiger partial charge in [-0.2, -0.15) is 5.26 Å². The summed E-state index contributed by atoms with van der Waals surface area (Å²) in [5.41, 5.74) is 3.49. The lowest BCUT2D eigenvalue weighted by atomic mass is 9.86. The van der Waals surface area contributed by atoms with Crippen LogP contribution in [0.3, 0.4) is 0 Å². The third-order valence-corrected chi connectivity index (χ3v) is 4.30. The number of hydrogen-bond donors (Lipinski definition) is 1. The molecule has 1 aromatic heterocycles. The van der Waals surface area contributed by atoms with Crippen molar-refractivity contribution < 1.29 is 0 Å². The Balaban J connectivity index is 2.54. The fourth-order valence-corrected chi connectivity index (χ4v) is 2.71. The van der Waals surface area contributed by atoms with E-state index < -0.39 is 0 Å². The lowest BCUT2D eigenvalue weighted by molar-refractivity contribution is 0.590. The van der Waals surface area contributed by atoms with Crippen LogP contribution in [0.2, 0.25) is 0 Å². The standard InChI is InChI=1S/C19H24N4S/c1-6-11-21-17-15(12-20)16(22-18(23-17)24-5)13-7-9-14(10-8-13)19(2,3)4/h7-10H,6,11H2,1-5H3,(H,21,22,23). The first-order valence-corrected chi connectivity index (χ1v) is 9.34. The smallest absolute Gasteiger partial charge is 0.189 e. The van der Waals surface area contributed by atoms with Gasteiger partial charge in [0.05, 0.1) is 5.69 Å². The van der Waals surface area contributed by atoms with Gasteiger partial charge >= 0.3 is 0 Å². The molecule has 1 aromatic carbocycles. The van der Waals surface area contributed by atoms with E-state index >= 15 is 0 Å². The molecule has 0 saturated carbocycles. The van der Waals surface area contributed by atoms with Crippen LogP contribution in [0.5, 0.6) is 0 Å². The summed E-state index contributed by atoms with van der Waals surface area (Å²) in [6.07, 6.45) is 2.91. The van der Waals surface area contributed by atoms with E-state index in [1.807, 2.05) is 18.4 Å². The second kappa shape index (κ2) is 7.67. The Morgan fingerprint density at radius 1 is 1.17 bits per heavy atom. The quantitative estimate of drug-likeness (QED) is 0.622. The van der Waals surface area contributed by atoms with Gasteiger partial charge in [-0.25, -0.2) is 9.97 Å². The number of aromatic nitrogens is 2. The minimum absolute atomic E-state index is 0.0978. The zero-order chi connectivity index (χ0) is 17.7. The number of nitriles is 1. The van der Waals surface area contributed by atoms with Crippen molar-refractivity contribution in [1.29, 1.82) is 5.26 Å². The van der Waals surface area contributed by atoms with Gasteiger partial charge in [-0.1, -0.05) is 63.7 Å². The Kier molecular flexibility index (Phi) is 5.84. The minimum Gasteiger partial charge on any atom is -0.369 e. The molecule has 0 atom stereocenters. The summed E-state index contributed by atoms with van der Waals surface area (Å²) in [5, 5.41) is 13.5. The SMILES string of the molecule is CCCNc1nc(SC)nc(-c2ccc(C(C)(C)C)cc2)c1C#N. The predicted molar refractivity (Wildman–Crippen MR) is 101 cm³/mol. The average molecular weight is 340 g/mol. The molecule has 0 aliphatic heterocycles. The number of benzene rings is 1. The summed E-state index contributed by atoms with van der Waals surface area (Å²) in [7, 11) is 0. The summed E-state index contributed by atoms with van der Waals surface area (Å²) in [6.45, 7) is 9.42. The number of nitrogens with zero attached hydrogens (tertiary/aromatic N) is 3. The second-order valence-electron chi connectivity index (χ2n) is 6.65. The molecule has 2 rings (SSSR count). The fourth-order valence-electron chi connectivity index (χ4n) is 2.35. The molecule has 0 aliphatic rings. The highest BCUT2D eigenvalue weighted by Crippen LogP contribution is 2.30. The Hall–Kier alpha value is -2.06. The molecule has 2 aromatic rings. The highest BCUT2D eigenvalue weighted by Gasteiger charge is 2.17. The van der Waals surface area contributed by atoms with Crippen molar-refractivity contribution in [3.8, 4) is 17.3 Å². The molecule has 24 heavy (non-hydrogen) atoms. The molecule has 0 bridgehead atoms. The summed E-state index contributed by atoms with van der Waals surface area (Å²) in [4.78, 5) is 9.04. The van der Waals surface area contributed by atoms with Gasteiger partial charge in [-0.15, -0.1) is 0 Å². The van der Waals surface area contributed by atoms with Crippen LogP contribution in [-0.4, -0.2) is 22.8 Å². The van der Waals surface area contributed by atoms with Crippen LogP contribution in [0.25, 0.3) is 11.3 Å². The fraction of sp³-hybridized carbons (Fsp3) is 0.421. The van der Waals surface area contributed by atoms with Gasteiger partial charge in [0.1, 0.15) is 17.5 Å². The van der Waals surface area contributed by atoms with E-state index in [-0.39, 0.29) is 5.41 Å². The van der Waals surface area contributed by atoms with Crippen LogP contribution >= 0.6 is 11.8 Å². The lowest BCUT2D eigenvalue weighted by Gasteiger charge is -2.19. The van der Waals surface area contributed by atoms with Gasteiger partial charge in [0.25, 0.3) is 0 Å². The third-order valence-electron chi connectivity index (χ3n) is 3.75. The normalized spacial score (nSPS) is 11.2. The van der Waals surface area contributed by atoms with Crippen molar-refractivity contribution in [2.75, 3.05) is 18.1 Å². The Labute approximate surface area is 148 Å². The average Bonchev–Trinajstić information content (AvgIpc) is 2.58. The molecule has 126 valence electrons. The van der Waals surface area contributed by atoms with Crippen LogP contribution in [0.15, 0.2) is 29.4 Å². The summed E-state index contributed by atoms with van der Waals surface area (Å²) in [6, 6.07) is 10.6. The summed E-state index contributed by atoms with van der Waals surface area (Å²) >= 11 is 1.48. The predicted octanol–water partition coefficient (Wildman–Crippen LogP) is 4.86. The van der Waals surface area contributed by atoms with Crippen LogP contribution in [0.4, 0.5) is 5.82 Å². The van der Waals surface area contributed by atoms with Crippen LogP contribution in [0.1, 0.15) is 45.2 Å². The number of anilines is 1. The van der Waals surface area contributed by atoms with Crippen LogP contribution in [-0.2, 0) is 5.41 Å². The van der Waals surface area contributed by atoms with E-state index in [4.69, 9.17) is 0 Å². The van der Waals surface area contributed by atoms with Gasteiger partial charge in [-0.3, -0.25) is 0 Å². The van der Waals surface area contributed by atoms with Crippen molar-refractivity contribution in [3.05, 3.63) is 35.4 Å². The van der Waals surface area contributed by atoms with Gasteiger partial charge in [-0.05, 0) is 23.7 Å². The molecule has 0 aliphatic carbocycles. The van der Waals surface area contributed by atoms with E-state index in [9.17, 15) is 5.26 Å². The maximum atomic E-state index is 9.63. The molecule has 4 nitrogen and oxygen atoms in total. The monoisotopic (exact) mass is 340 g/mol. The highest BCUT2D eigenvalue weighted by atomic mass is 32.2. The molecule has 0 unspecified atom stereocenters. The minimum atomic E-state index is 0.0978. The van der Waals surface area contributed by atoms with Crippen molar-refractivity contribution in [1.82, 2.24) is 9.97 Å². The summed E-state index contributed by atoms with van der Waals surface area (Å²) in [5.74, 6) is 0.619. The third kappa shape index (κ3) is 4.07. The first kappa shape index (κ1) is 18.3. The van der Waals surface area contributed by atoms with E-state index in [1.165, 1.54) is 17.3 Å². The zero-order valence-corrected chi connectivity index (χ0v) is 15.8. The van der Waals surface area contributed by atoms with Crippen molar-refractivity contribution in [2.24, 2.45) is 0 Å². The Morgan fingerprint density at radius 3 is 2.33 bits per heavy atom.